The monoisotopic (exact) mass is 389 g/mol. The fraction of sp³-hybridized carbons (Fsp3) is 0.176. The van der Waals surface area contributed by atoms with Crippen molar-refractivity contribution >= 4 is 17.5 Å². The molecule has 0 spiro atoms. The van der Waals surface area contributed by atoms with Crippen molar-refractivity contribution in [2.75, 3.05) is 11.5 Å². The van der Waals surface area contributed by atoms with Gasteiger partial charge in [0.2, 0.25) is 0 Å². The summed E-state index contributed by atoms with van der Waals surface area (Å²) >= 11 is 0. The highest BCUT2D eigenvalue weighted by atomic mass is 19.4. The number of fused-ring (bicyclic) bond motifs is 1. The van der Waals surface area contributed by atoms with Crippen LogP contribution in [-0.2, 0) is 6.18 Å². The number of rotatable bonds is 3. The van der Waals surface area contributed by atoms with E-state index in [0.717, 1.165) is 0 Å². The highest BCUT2D eigenvalue weighted by Crippen LogP contribution is 2.40. The van der Waals surface area contributed by atoms with Gasteiger partial charge in [0.1, 0.15) is 5.75 Å². The smallest absolute Gasteiger partial charge is 0.422 e. The number of ether oxygens (including phenoxy) is 1. The first kappa shape index (κ1) is 18.7. The zero-order valence-corrected chi connectivity index (χ0v) is 13.2. The molecule has 4 nitrogen and oxygen atoms in total. The summed E-state index contributed by atoms with van der Waals surface area (Å²) in [5.41, 5.74) is -2.09. The van der Waals surface area contributed by atoms with Crippen molar-refractivity contribution in [1.82, 2.24) is 0 Å². The van der Waals surface area contributed by atoms with Crippen molar-refractivity contribution in [3.63, 3.8) is 0 Å². The van der Waals surface area contributed by atoms with Crippen LogP contribution >= 0.6 is 0 Å². The minimum absolute atomic E-state index is 0.0679. The van der Waals surface area contributed by atoms with Crippen LogP contribution in [0.3, 0.4) is 0 Å². The summed E-state index contributed by atoms with van der Waals surface area (Å²) in [4.78, 5) is 25.3. The number of benzene rings is 2. The second-order valence-electron chi connectivity index (χ2n) is 5.58. The largest absolute Gasteiger partial charge is 0.482 e. The second-order valence-corrected chi connectivity index (χ2v) is 5.58. The van der Waals surface area contributed by atoms with Crippen LogP contribution in [-0.4, -0.2) is 24.6 Å². The molecule has 0 bridgehead atoms. The van der Waals surface area contributed by atoms with Crippen molar-refractivity contribution in [3.8, 4) is 5.75 Å². The zero-order valence-electron chi connectivity index (χ0n) is 13.2. The van der Waals surface area contributed by atoms with Crippen molar-refractivity contribution < 1.29 is 40.7 Å². The van der Waals surface area contributed by atoms with E-state index in [4.69, 9.17) is 0 Å². The molecule has 0 aromatic heterocycles. The molecular formula is C17H9F6NO3. The topological polar surface area (TPSA) is 46.6 Å². The second kappa shape index (κ2) is 6.29. The van der Waals surface area contributed by atoms with Gasteiger partial charge in [-0.1, -0.05) is 12.1 Å². The summed E-state index contributed by atoms with van der Waals surface area (Å²) in [5.74, 6) is -2.58. The third-order valence-corrected chi connectivity index (χ3v) is 3.71. The molecule has 2 amide bonds. The molecule has 0 N–H and O–H groups in total. The molecule has 0 unspecified atom stereocenters. The number of hydrogen-bond acceptors (Lipinski definition) is 3. The molecule has 2 aromatic carbocycles. The van der Waals surface area contributed by atoms with Crippen LogP contribution in [0.2, 0.25) is 0 Å². The molecule has 1 aliphatic heterocycles. The van der Waals surface area contributed by atoms with Gasteiger partial charge in [0.25, 0.3) is 11.8 Å². The van der Waals surface area contributed by atoms with Gasteiger partial charge in [-0.25, -0.2) is 4.90 Å². The van der Waals surface area contributed by atoms with Crippen molar-refractivity contribution in [2.24, 2.45) is 0 Å². The van der Waals surface area contributed by atoms with Crippen LogP contribution < -0.4 is 9.64 Å². The van der Waals surface area contributed by atoms with E-state index in [1.165, 1.54) is 24.3 Å². The first-order valence-electron chi connectivity index (χ1n) is 7.37. The van der Waals surface area contributed by atoms with Gasteiger partial charge in [0.05, 0.1) is 22.4 Å². The number of carbonyl (C=O) groups is 2. The molecule has 27 heavy (non-hydrogen) atoms. The maximum absolute atomic E-state index is 13.0. The van der Waals surface area contributed by atoms with Crippen molar-refractivity contribution in [3.05, 3.63) is 59.2 Å². The lowest BCUT2D eigenvalue weighted by atomic mass is 10.1. The molecule has 3 rings (SSSR count). The standard InChI is InChI=1S/C17H9F6NO3/c18-16(19,20)8-27-13-6-5-9(17(21,22)23)7-12(13)24-14(25)10-3-1-2-4-11(10)15(24)26/h1-7H,8H2. The molecule has 0 saturated carbocycles. The maximum atomic E-state index is 13.0. The molecule has 0 atom stereocenters. The van der Waals surface area contributed by atoms with Gasteiger partial charge >= 0.3 is 12.4 Å². The highest BCUT2D eigenvalue weighted by molar-refractivity contribution is 6.34. The normalized spacial score (nSPS) is 14.5. The van der Waals surface area contributed by atoms with Crippen LogP contribution in [0.25, 0.3) is 0 Å². The third-order valence-electron chi connectivity index (χ3n) is 3.71. The Balaban J connectivity index is 2.09. The predicted octanol–water partition coefficient (Wildman–Crippen LogP) is 4.45. The molecule has 142 valence electrons. The van der Waals surface area contributed by atoms with Crippen LogP contribution in [0.15, 0.2) is 42.5 Å². The van der Waals surface area contributed by atoms with E-state index in [9.17, 15) is 35.9 Å². The number of anilines is 1. The van der Waals surface area contributed by atoms with Gasteiger partial charge < -0.3 is 4.74 Å². The van der Waals surface area contributed by atoms with Gasteiger partial charge in [-0.2, -0.15) is 26.3 Å². The lowest BCUT2D eigenvalue weighted by Gasteiger charge is -2.20. The summed E-state index contributed by atoms with van der Waals surface area (Å²) in [6.45, 7) is -1.80. The molecule has 0 saturated heterocycles. The van der Waals surface area contributed by atoms with E-state index in [1.807, 2.05) is 0 Å². The number of nitrogens with zero attached hydrogens (tertiary/aromatic N) is 1. The fourth-order valence-corrected chi connectivity index (χ4v) is 2.56. The molecule has 10 heteroatoms. The molecule has 0 fully saturated rings. The lowest BCUT2D eigenvalue weighted by molar-refractivity contribution is -0.153. The minimum atomic E-state index is -4.84. The Hall–Kier alpha value is -3.04. The minimum Gasteiger partial charge on any atom is -0.482 e. The van der Waals surface area contributed by atoms with Gasteiger partial charge in [-0.15, -0.1) is 0 Å². The number of halogens is 6. The molecule has 0 radical (unpaired) electrons. The number of imide groups is 1. The molecule has 1 heterocycles. The Kier molecular flexibility index (Phi) is 4.37. The fourth-order valence-electron chi connectivity index (χ4n) is 2.56. The average molecular weight is 389 g/mol. The maximum Gasteiger partial charge on any atom is 0.422 e. The van der Waals surface area contributed by atoms with E-state index < -0.39 is 47.8 Å². The lowest BCUT2D eigenvalue weighted by Crippen LogP contribution is -2.30. The van der Waals surface area contributed by atoms with Crippen molar-refractivity contribution in [2.45, 2.75) is 12.4 Å². The summed E-state index contributed by atoms with van der Waals surface area (Å²) in [7, 11) is 0. The Labute approximate surface area is 147 Å². The van der Waals surface area contributed by atoms with Gasteiger partial charge in [-0.3, -0.25) is 9.59 Å². The first-order chi connectivity index (χ1) is 12.5. The number of amides is 2. The van der Waals surface area contributed by atoms with Gasteiger partial charge in [-0.05, 0) is 30.3 Å². The Morgan fingerprint density at radius 2 is 1.41 bits per heavy atom. The SMILES string of the molecule is O=C1c2ccccc2C(=O)N1c1cc(C(F)(F)F)ccc1OCC(F)(F)F. The quantitative estimate of drug-likeness (QED) is 0.576. The van der Waals surface area contributed by atoms with E-state index >= 15 is 0 Å². The molecule has 0 aliphatic carbocycles. The molecule has 1 aliphatic rings. The van der Waals surface area contributed by atoms with Crippen LogP contribution in [0.4, 0.5) is 32.0 Å². The van der Waals surface area contributed by atoms with Gasteiger partial charge in [0, 0.05) is 0 Å². The van der Waals surface area contributed by atoms with Crippen LogP contribution in [0, 0.1) is 0 Å². The summed E-state index contributed by atoms with van der Waals surface area (Å²) < 4.78 is 80.9. The predicted molar refractivity (Wildman–Crippen MR) is 80.6 cm³/mol. The van der Waals surface area contributed by atoms with E-state index in [2.05, 4.69) is 4.74 Å². The zero-order chi connectivity index (χ0) is 20.0. The highest BCUT2D eigenvalue weighted by Gasteiger charge is 2.40. The molecular weight excluding hydrogens is 380 g/mol. The van der Waals surface area contributed by atoms with E-state index in [1.54, 1.807) is 0 Å². The number of carbonyl (C=O) groups excluding carboxylic acids is 2. The van der Waals surface area contributed by atoms with E-state index in [-0.39, 0.29) is 11.1 Å². The number of alkyl halides is 6. The van der Waals surface area contributed by atoms with E-state index in [0.29, 0.717) is 23.1 Å². The average Bonchev–Trinajstić information content (AvgIpc) is 2.83. The molecule has 2 aromatic rings. The third kappa shape index (κ3) is 3.60. The summed E-state index contributed by atoms with van der Waals surface area (Å²) in [6, 6.07) is 7.04. The van der Waals surface area contributed by atoms with Crippen molar-refractivity contribution in [1.29, 1.82) is 0 Å². The first-order valence-corrected chi connectivity index (χ1v) is 7.37. The number of hydrogen-bond donors (Lipinski definition) is 0. The Morgan fingerprint density at radius 3 is 1.89 bits per heavy atom. The Bertz CT molecular complexity index is 885. The summed E-state index contributed by atoms with van der Waals surface area (Å²) in [6.07, 6.45) is -9.60. The van der Waals surface area contributed by atoms with Gasteiger partial charge in [0.15, 0.2) is 6.61 Å². The summed E-state index contributed by atoms with van der Waals surface area (Å²) in [5, 5.41) is 0. The Morgan fingerprint density at radius 1 is 0.852 bits per heavy atom. The van der Waals surface area contributed by atoms with Crippen LogP contribution in [0.5, 0.6) is 5.75 Å². The van der Waals surface area contributed by atoms with Crippen LogP contribution in [0.1, 0.15) is 26.3 Å².